The molecule has 0 bridgehead atoms. The maximum atomic E-state index is 13.3. The van der Waals surface area contributed by atoms with Gasteiger partial charge in [-0.1, -0.05) is 95.7 Å². The molecule has 1 saturated heterocycles. The van der Waals surface area contributed by atoms with Gasteiger partial charge in [-0.3, -0.25) is 9.69 Å². The average Bonchev–Trinajstić information content (AvgIpc) is 2.83. The van der Waals surface area contributed by atoms with E-state index in [9.17, 15) is 4.79 Å². The van der Waals surface area contributed by atoms with Crippen molar-refractivity contribution in [3.05, 3.63) is 106 Å². The zero-order chi connectivity index (χ0) is 21.6. The van der Waals surface area contributed by atoms with E-state index in [2.05, 4.69) is 99.4 Å². The zero-order valence-corrected chi connectivity index (χ0v) is 19.5. The third-order valence-electron chi connectivity index (χ3n) is 6.20. The maximum absolute atomic E-state index is 13.3. The van der Waals surface area contributed by atoms with E-state index in [0.29, 0.717) is 0 Å². The molecule has 4 heteroatoms. The number of amides is 1. The molecule has 0 aliphatic carbocycles. The summed E-state index contributed by atoms with van der Waals surface area (Å²) < 4.78 is 1.09. The molecule has 31 heavy (non-hydrogen) atoms. The van der Waals surface area contributed by atoms with Gasteiger partial charge in [-0.25, -0.2) is 0 Å². The molecule has 1 heterocycles. The minimum absolute atomic E-state index is 0.0517. The number of carbonyl (C=O) groups excluding carboxylic acids is 1. The lowest BCUT2D eigenvalue weighted by molar-refractivity contribution is -0.134. The van der Waals surface area contributed by atoms with Gasteiger partial charge in [0, 0.05) is 30.7 Å². The van der Waals surface area contributed by atoms with Gasteiger partial charge in [0.1, 0.15) is 0 Å². The van der Waals surface area contributed by atoms with Crippen LogP contribution in [-0.4, -0.2) is 41.9 Å². The Balaban J connectivity index is 1.50. The van der Waals surface area contributed by atoms with Crippen LogP contribution >= 0.6 is 15.9 Å². The second-order valence-corrected chi connectivity index (χ2v) is 9.01. The number of rotatable bonds is 6. The van der Waals surface area contributed by atoms with Crippen molar-refractivity contribution in [2.75, 3.05) is 26.2 Å². The van der Waals surface area contributed by atoms with Crippen molar-refractivity contribution >= 4 is 21.8 Å². The summed E-state index contributed by atoms with van der Waals surface area (Å²) in [7, 11) is 0. The normalized spacial score (nSPS) is 16.6. The van der Waals surface area contributed by atoms with Crippen molar-refractivity contribution < 1.29 is 4.79 Å². The SMILES string of the molecule is CCC(C(=O)N1CCN(C(c2ccccc2)c2ccc(Br)cc2)CC1)c1ccccc1. The predicted molar refractivity (Wildman–Crippen MR) is 130 cm³/mol. The Labute approximate surface area is 193 Å². The summed E-state index contributed by atoms with van der Waals surface area (Å²) in [5.41, 5.74) is 3.69. The number of benzene rings is 3. The molecule has 2 atom stereocenters. The molecular formula is C27H29BrN2O. The van der Waals surface area contributed by atoms with E-state index in [1.807, 2.05) is 18.2 Å². The Kier molecular flexibility index (Phi) is 7.21. The van der Waals surface area contributed by atoms with E-state index in [4.69, 9.17) is 0 Å². The Morgan fingerprint density at radius 2 is 1.29 bits per heavy atom. The summed E-state index contributed by atoms with van der Waals surface area (Å²) in [4.78, 5) is 17.8. The average molecular weight is 477 g/mol. The van der Waals surface area contributed by atoms with Gasteiger partial charge in [-0.05, 0) is 35.2 Å². The molecular weight excluding hydrogens is 448 g/mol. The summed E-state index contributed by atoms with van der Waals surface area (Å²) in [5, 5.41) is 0. The van der Waals surface area contributed by atoms with Gasteiger partial charge in [0.2, 0.25) is 5.91 Å². The van der Waals surface area contributed by atoms with Crippen LogP contribution in [-0.2, 0) is 4.79 Å². The molecule has 0 spiro atoms. The second-order valence-electron chi connectivity index (χ2n) is 8.10. The molecule has 2 unspecified atom stereocenters. The van der Waals surface area contributed by atoms with Crippen molar-refractivity contribution in [1.82, 2.24) is 9.80 Å². The molecule has 160 valence electrons. The number of halogens is 1. The molecule has 4 rings (SSSR count). The van der Waals surface area contributed by atoms with Crippen LogP contribution in [0.3, 0.4) is 0 Å². The first-order valence-electron chi connectivity index (χ1n) is 11.1. The minimum Gasteiger partial charge on any atom is -0.340 e. The number of carbonyl (C=O) groups is 1. The largest absolute Gasteiger partial charge is 0.340 e. The molecule has 0 N–H and O–H groups in total. The molecule has 1 fully saturated rings. The Hall–Kier alpha value is -2.43. The Bertz CT molecular complexity index is 967. The van der Waals surface area contributed by atoms with Gasteiger partial charge in [-0.2, -0.15) is 0 Å². The van der Waals surface area contributed by atoms with E-state index in [1.54, 1.807) is 0 Å². The monoisotopic (exact) mass is 476 g/mol. The molecule has 0 aromatic heterocycles. The molecule has 0 saturated carbocycles. The van der Waals surface area contributed by atoms with Crippen molar-refractivity contribution in [2.45, 2.75) is 25.3 Å². The Morgan fingerprint density at radius 1 is 0.774 bits per heavy atom. The van der Waals surface area contributed by atoms with Gasteiger partial charge < -0.3 is 4.90 Å². The van der Waals surface area contributed by atoms with Crippen molar-refractivity contribution in [3.63, 3.8) is 0 Å². The number of piperazine rings is 1. The highest BCUT2D eigenvalue weighted by atomic mass is 79.9. The number of nitrogens with zero attached hydrogens (tertiary/aromatic N) is 2. The van der Waals surface area contributed by atoms with Gasteiger partial charge in [-0.15, -0.1) is 0 Å². The highest BCUT2D eigenvalue weighted by molar-refractivity contribution is 9.10. The van der Waals surface area contributed by atoms with Gasteiger partial charge in [0.25, 0.3) is 0 Å². The molecule has 3 aromatic carbocycles. The van der Waals surface area contributed by atoms with Crippen LogP contribution in [0, 0.1) is 0 Å². The van der Waals surface area contributed by atoms with Crippen LogP contribution in [0.1, 0.15) is 42.0 Å². The number of hydrogen-bond donors (Lipinski definition) is 0. The van der Waals surface area contributed by atoms with Crippen molar-refractivity contribution in [1.29, 1.82) is 0 Å². The van der Waals surface area contributed by atoms with Crippen LogP contribution < -0.4 is 0 Å². The second kappa shape index (κ2) is 10.3. The van der Waals surface area contributed by atoms with E-state index in [-0.39, 0.29) is 17.9 Å². The van der Waals surface area contributed by atoms with Crippen molar-refractivity contribution in [3.8, 4) is 0 Å². The van der Waals surface area contributed by atoms with Crippen LogP contribution in [0.5, 0.6) is 0 Å². The van der Waals surface area contributed by atoms with E-state index in [1.165, 1.54) is 11.1 Å². The minimum atomic E-state index is -0.0517. The summed E-state index contributed by atoms with van der Waals surface area (Å²) in [6, 6.07) is 29.7. The van der Waals surface area contributed by atoms with Crippen LogP contribution in [0.25, 0.3) is 0 Å². The lowest BCUT2D eigenvalue weighted by atomic mass is 9.94. The van der Waals surface area contributed by atoms with Gasteiger partial charge >= 0.3 is 0 Å². The van der Waals surface area contributed by atoms with Crippen LogP contribution in [0.15, 0.2) is 89.4 Å². The molecule has 3 aromatic rings. The maximum Gasteiger partial charge on any atom is 0.230 e. The zero-order valence-electron chi connectivity index (χ0n) is 18.0. The van der Waals surface area contributed by atoms with E-state index < -0.39 is 0 Å². The highest BCUT2D eigenvalue weighted by Gasteiger charge is 2.31. The quantitative estimate of drug-likeness (QED) is 0.443. The van der Waals surface area contributed by atoms with Crippen LogP contribution in [0.2, 0.25) is 0 Å². The molecule has 3 nitrogen and oxygen atoms in total. The van der Waals surface area contributed by atoms with E-state index >= 15 is 0 Å². The molecule has 0 radical (unpaired) electrons. The fourth-order valence-corrected chi connectivity index (χ4v) is 4.82. The third kappa shape index (κ3) is 5.08. The summed E-state index contributed by atoms with van der Waals surface area (Å²) >= 11 is 3.55. The first kappa shape index (κ1) is 21.8. The van der Waals surface area contributed by atoms with E-state index in [0.717, 1.165) is 42.6 Å². The first-order chi connectivity index (χ1) is 15.2. The first-order valence-corrected chi connectivity index (χ1v) is 11.8. The molecule has 1 aliphatic rings. The predicted octanol–water partition coefficient (Wildman–Crippen LogP) is 5.88. The summed E-state index contributed by atoms with van der Waals surface area (Å²) in [6.07, 6.45) is 0.828. The van der Waals surface area contributed by atoms with Gasteiger partial charge in [0.15, 0.2) is 0 Å². The Morgan fingerprint density at radius 3 is 1.84 bits per heavy atom. The highest BCUT2D eigenvalue weighted by Crippen LogP contribution is 2.31. The third-order valence-corrected chi connectivity index (χ3v) is 6.73. The lowest BCUT2D eigenvalue weighted by Crippen LogP contribution is -2.51. The fourth-order valence-electron chi connectivity index (χ4n) is 4.55. The summed E-state index contributed by atoms with van der Waals surface area (Å²) in [6.45, 7) is 5.37. The molecule has 1 amide bonds. The fraction of sp³-hybridized carbons (Fsp3) is 0.296. The standard InChI is InChI=1S/C27H29BrN2O/c1-2-25(21-9-5-3-6-10-21)27(31)30-19-17-29(18-20-30)26(22-11-7-4-8-12-22)23-13-15-24(28)16-14-23/h3-16,25-26H,2,17-20H2,1H3. The number of hydrogen-bond acceptors (Lipinski definition) is 2. The van der Waals surface area contributed by atoms with Crippen LogP contribution in [0.4, 0.5) is 0 Å². The summed E-state index contributed by atoms with van der Waals surface area (Å²) in [5.74, 6) is 0.206. The van der Waals surface area contributed by atoms with Crippen molar-refractivity contribution in [2.24, 2.45) is 0 Å². The van der Waals surface area contributed by atoms with Gasteiger partial charge in [0.05, 0.1) is 12.0 Å². The molecule has 1 aliphatic heterocycles. The topological polar surface area (TPSA) is 23.6 Å². The lowest BCUT2D eigenvalue weighted by Gasteiger charge is -2.40. The smallest absolute Gasteiger partial charge is 0.230 e.